The number of carboxylic acids is 1. The Bertz CT molecular complexity index is 410. The number of carboxylic acid groups (broad SMARTS) is 1. The van der Waals surface area contributed by atoms with E-state index in [0.29, 0.717) is 18.9 Å². The van der Waals surface area contributed by atoms with Gasteiger partial charge < -0.3 is 10.2 Å². The average Bonchev–Trinajstić information content (AvgIpc) is 2.89. The van der Waals surface area contributed by atoms with Crippen molar-refractivity contribution in [1.82, 2.24) is 0 Å². The van der Waals surface area contributed by atoms with Gasteiger partial charge in [-0.15, -0.1) is 0 Å². The van der Waals surface area contributed by atoms with Gasteiger partial charge in [-0.3, -0.25) is 4.79 Å². The van der Waals surface area contributed by atoms with Crippen molar-refractivity contribution in [3.05, 3.63) is 0 Å². The van der Waals surface area contributed by atoms with Gasteiger partial charge in [0.25, 0.3) is 0 Å². The molecule has 0 saturated carbocycles. The van der Waals surface area contributed by atoms with E-state index in [1.54, 1.807) is 0 Å². The predicted octanol–water partition coefficient (Wildman–Crippen LogP) is 11.6. The number of aliphatic carboxylic acids is 1. The molecule has 3 heteroatoms. The molecule has 0 aromatic carbocycles. The van der Waals surface area contributed by atoms with Crippen molar-refractivity contribution < 1.29 is 15.0 Å². The van der Waals surface area contributed by atoms with Gasteiger partial charge in [0, 0.05) is 13.0 Å². The average molecular weight is 527 g/mol. The molecular formula is C34H70O3. The van der Waals surface area contributed by atoms with Crippen LogP contribution in [-0.4, -0.2) is 22.8 Å². The largest absolute Gasteiger partial charge is 0.481 e. The summed E-state index contributed by atoms with van der Waals surface area (Å²) in [5, 5.41) is 17.8. The summed E-state index contributed by atoms with van der Waals surface area (Å²) < 4.78 is 0. The number of unbranched alkanes of at least 4 members (excludes halogenated alkanes) is 22. The molecule has 0 fully saturated rings. The normalized spacial score (nSPS) is 11.8. The molecule has 0 aromatic rings. The molecule has 0 aliphatic carbocycles. The molecule has 1 atom stereocenters. The Hall–Kier alpha value is -0.570. The van der Waals surface area contributed by atoms with Crippen LogP contribution in [0.25, 0.3) is 0 Å². The van der Waals surface area contributed by atoms with Gasteiger partial charge in [-0.1, -0.05) is 175 Å². The molecule has 224 valence electrons. The second kappa shape index (κ2) is 35.4. The second-order valence-electron chi connectivity index (χ2n) is 11.5. The summed E-state index contributed by atoms with van der Waals surface area (Å²) in [5.41, 5.74) is 0. The lowest BCUT2D eigenvalue weighted by atomic mass is 9.95. The highest BCUT2D eigenvalue weighted by atomic mass is 16.4. The quantitative estimate of drug-likeness (QED) is 0.0952. The molecule has 0 heterocycles. The Kier molecular flexibility index (Phi) is 36.9. The SMILES string of the molecule is CCCCCCCCC(CO)CCCCCC.CCCCCCCCCCCCCCCCCC(=O)O. The lowest BCUT2D eigenvalue weighted by Gasteiger charge is -2.13. The molecule has 0 aliphatic heterocycles. The molecule has 0 rings (SSSR count). The highest BCUT2D eigenvalue weighted by Crippen LogP contribution is 2.18. The number of hydrogen-bond donors (Lipinski definition) is 2. The summed E-state index contributed by atoms with van der Waals surface area (Å²) in [6.45, 7) is 7.19. The standard InChI is InChI=1S/C18H36O2.C16H34O/c1-2-3-4-5-6-7-8-9-10-11-12-13-14-15-16-17-18(19)20;1-3-5-7-9-10-12-14-16(15-17)13-11-8-6-4-2/h2-17H2,1H3,(H,19,20);16-17H,3-15H2,1-2H3. The van der Waals surface area contributed by atoms with Gasteiger partial charge in [0.05, 0.1) is 0 Å². The topological polar surface area (TPSA) is 57.5 Å². The fraction of sp³-hybridized carbons (Fsp3) is 0.971. The second-order valence-corrected chi connectivity index (χ2v) is 11.5. The minimum Gasteiger partial charge on any atom is -0.481 e. The number of carbonyl (C=O) groups is 1. The first-order valence-electron chi connectivity index (χ1n) is 16.9. The summed E-state index contributed by atoms with van der Waals surface area (Å²) in [7, 11) is 0. The van der Waals surface area contributed by atoms with E-state index in [1.165, 1.54) is 161 Å². The van der Waals surface area contributed by atoms with Crippen LogP contribution in [0.2, 0.25) is 0 Å². The van der Waals surface area contributed by atoms with E-state index in [2.05, 4.69) is 20.8 Å². The van der Waals surface area contributed by atoms with Crippen LogP contribution in [0.15, 0.2) is 0 Å². The number of hydrogen-bond acceptors (Lipinski definition) is 2. The lowest BCUT2D eigenvalue weighted by molar-refractivity contribution is -0.137. The third-order valence-corrected chi connectivity index (χ3v) is 7.68. The first-order chi connectivity index (χ1) is 18.1. The first kappa shape index (κ1) is 38.6. The molecule has 1 unspecified atom stereocenters. The Morgan fingerprint density at radius 3 is 1.03 bits per heavy atom. The van der Waals surface area contributed by atoms with Crippen molar-refractivity contribution in [1.29, 1.82) is 0 Å². The third kappa shape index (κ3) is 37.6. The minimum absolute atomic E-state index is 0.345. The van der Waals surface area contributed by atoms with Crippen LogP contribution in [0.4, 0.5) is 0 Å². The van der Waals surface area contributed by atoms with E-state index in [1.807, 2.05) is 0 Å². The molecule has 0 spiro atoms. The summed E-state index contributed by atoms with van der Waals surface area (Å²) in [6, 6.07) is 0. The highest BCUT2D eigenvalue weighted by Gasteiger charge is 2.06. The van der Waals surface area contributed by atoms with E-state index in [9.17, 15) is 9.90 Å². The lowest BCUT2D eigenvalue weighted by Crippen LogP contribution is -2.06. The Balaban J connectivity index is 0. The predicted molar refractivity (Wildman–Crippen MR) is 165 cm³/mol. The Labute approximate surface area is 234 Å². The highest BCUT2D eigenvalue weighted by molar-refractivity contribution is 5.66. The van der Waals surface area contributed by atoms with Crippen molar-refractivity contribution in [2.45, 2.75) is 201 Å². The van der Waals surface area contributed by atoms with Gasteiger partial charge >= 0.3 is 5.97 Å². The molecule has 0 radical (unpaired) electrons. The molecule has 37 heavy (non-hydrogen) atoms. The third-order valence-electron chi connectivity index (χ3n) is 7.68. The van der Waals surface area contributed by atoms with Crippen LogP contribution in [0.1, 0.15) is 201 Å². The van der Waals surface area contributed by atoms with Crippen molar-refractivity contribution in [2.24, 2.45) is 5.92 Å². The van der Waals surface area contributed by atoms with Crippen LogP contribution < -0.4 is 0 Å². The van der Waals surface area contributed by atoms with E-state index in [0.717, 1.165) is 12.8 Å². The molecular weight excluding hydrogens is 456 g/mol. The van der Waals surface area contributed by atoms with Crippen molar-refractivity contribution >= 4 is 5.97 Å². The van der Waals surface area contributed by atoms with Gasteiger partial charge in [0.15, 0.2) is 0 Å². The van der Waals surface area contributed by atoms with Crippen molar-refractivity contribution in [2.75, 3.05) is 6.61 Å². The van der Waals surface area contributed by atoms with Crippen LogP contribution >= 0.6 is 0 Å². The summed E-state index contributed by atoms with van der Waals surface area (Å²) in [5.74, 6) is -0.0716. The zero-order valence-electron chi connectivity index (χ0n) is 25.9. The van der Waals surface area contributed by atoms with E-state index < -0.39 is 5.97 Å². The molecule has 0 saturated heterocycles. The molecule has 0 bridgehead atoms. The first-order valence-corrected chi connectivity index (χ1v) is 16.9. The molecule has 3 nitrogen and oxygen atoms in total. The summed E-state index contributed by atoms with van der Waals surface area (Å²) >= 11 is 0. The smallest absolute Gasteiger partial charge is 0.303 e. The summed E-state index contributed by atoms with van der Waals surface area (Å²) in [6.07, 6.45) is 36.2. The van der Waals surface area contributed by atoms with Crippen molar-refractivity contribution in [3.8, 4) is 0 Å². The van der Waals surface area contributed by atoms with Gasteiger partial charge in [-0.25, -0.2) is 0 Å². The van der Waals surface area contributed by atoms with Crippen LogP contribution in [-0.2, 0) is 4.79 Å². The maximum Gasteiger partial charge on any atom is 0.303 e. The molecule has 2 N–H and O–H groups in total. The minimum atomic E-state index is -0.653. The maximum absolute atomic E-state index is 10.3. The van der Waals surface area contributed by atoms with E-state index >= 15 is 0 Å². The summed E-state index contributed by atoms with van der Waals surface area (Å²) in [4.78, 5) is 10.3. The van der Waals surface area contributed by atoms with E-state index in [4.69, 9.17) is 5.11 Å². The fourth-order valence-electron chi connectivity index (χ4n) is 5.05. The van der Waals surface area contributed by atoms with Gasteiger partial charge in [-0.05, 0) is 25.2 Å². The maximum atomic E-state index is 10.3. The van der Waals surface area contributed by atoms with Gasteiger partial charge in [-0.2, -0.15) is 0 Å². The number of rotatable bonds is 29. The Morgan fingerprint density at radius 1 is 0.459 bits per heavy atom. The Morgan fingerprint density at radius 2 is 0.730 bits per heavy atom. The van der Waals surface area contributed by atoms with Crippen LogP contribution in [0, 0.1) is 5.92 Å². The molecule has 0 aromatic heterocycles. The van der Waals surface area contributed by atoms with Crippen molar-refractivity contribution in [3.63, 3.8) is 0 Å². The van der Waals surface area contributed by atoms with Gasteiger partial charge in [0.2, 0.25) is 0 Å². The molecule has 0 aliphatic rings. The number of aliphatic hydroxyl groups excluding tert-OH is 1. The zero-order valence-corrected chi connectivity index (χ0v) is 25.9. The molecule has 0 amide bonds. The van der Waals surface area contributed by atoms with Gasteiger partial charge in [0.1, 0.15) is 0 Å². The number of aliphatic hydroxyl groups is 1. The fourth-order valence-corrected chi connectivity index (χ4v) is 5.05. The van der Waals surface area contributed by atoms with Crippen LogP contribution in [0.5, 0.6) is 0 Å². The van der Waals surface area contributed by atoms with E-state index in [-0.39, 0.29) is 0 Å². The zero-order chi connectivity index (χ0) is 27.7. The van der Waals surface area contributed by atoms with Crippen LogP contribution in [0.3, 0.4) is 0 Å². The monoisotopic (exact) mass is 527 g/mol.